The number of ether oxygens (including phenoxy) is 6. The largest absolute Gasteiger partial charge is 0.455 e. The fraction of sp³-hybridized carbons (Fsp3) is 0.396. The zero-order valence-electron chi connectivity index (χ0n) is 39.4. The van der Waals surface area contributed by atoms with E-state index in [1.54, 1.807) is 92.7 Å². The Labute approximate surface area is 403 Å². The fourth-order valence-electron chi connectivity index (χ4n) is 11.0. The first-order chi connectivity index (χ1) is 33.2. The van der Waals surface area contributed by atoms with Crippen LogP contribution in [0, 0.1) is 16.7 Å². The van der Waals surface area contributed by atoms with Crippen molar-refractivity contribution in [2.45, 2.75) is 108 Å². The Bertz CT molecular complexity index is 2710. The fourth-order valence-corrected chi connectivity index (χ4v) is 11.0. The number of aliphatic hydroxyl groups excluding tert-OH is 1. The van der Waals surface area contributed by atoms with Gasteiger partial charge in [0.25, 0.3) is 5.91 Å². The molecule has 0 spiro atoms. The summed E-state index contributed by atoms with van der Waals surface area (Å²) in [6.45, 7) is 7.89. The summed E-state index contributed by atoms with van der Waals surface area (Å²) in [6.07, 6.45) is -8.13. The smallest absolute Gasteiger partial charge is 0.350 e. The molecule has 3 fully saturated rings. The van der Waals surface area contributed by atoms with E-state index in [0.29, 0.717) is 5.56 Å². The molecule has 70 heavy (non-hydrogen) atoms. The number of nitrogens with zero attached hydrogens (tertiary/aromatic N) is 1. The van der Waals surface area contributed by atoms with Gasteiger partial charge in [0.05, 0.1) is 35.2 Å². The van der Waals surface area contributed by atoms with E-state index in [2.05, 4.69) is 10.3 Å². The van der Waals surface area contributed by atoms with E-state index >= 15 is 9.59 Å². The summed E-state index contributed by atoms with van der Waals surface area (Å²) in [7, 11) is 0. The highest BCUT2D eigenvalue weighted by atomic mass is 16.6. The van der Waals surface area contributed by atoms with Crippen LogP contribution in [0.2, 0.25) is 0 Å². The Kier molecular flexibility index (Phi) is 13.4. The van der Waals surface area contributed by atoms with E-state index in [-0.39, 0.29) is 40.9 Å². The van der Waals surface area contributed by atoms with Crippen LogP contribution in [0.4, 0.5) is 0 Å². The second-order valence-corrected chi connectivity index (χ2v) is 19.0. The molecule has 2 heterocycles. The van der Waals surface area contributed by atoms with Crippen LogP contribution in [-0.4, -0.2) is 111 Å². The highest BCUT2D eigenvalue weighted by Crippen LogP contribution is 2.64. The Balaban J connectivity index is 1.31. The highest BCUT2D eigenvalue weighted by Gasteiger charge is 2.78. The molecule has 2 saturated carbocycles. The lowest BCUT2D eigenvalue weighted by molar-refractivity contribution is -0.346. The van der Waals surface area contributed by atoms with Crippen LogP contribution in [0.25, 0.3) is 0 Å². The van der Waals surface area contributed by atoms with E-state index in [1.165, 1.54) is 50.5 Å². The minimum atomic E-state index is -2.46. The average Bonchev–Trinajstić information content (AvgIpc) is 3.34. The molecule has 0 radical (unpaired) electrons. The van der Waals surface area contributed by atoms with E-state index in [1.807, 2.05) is 0 Å². The summed E-state index contributed by atoms with van der Waals surface area (Å²) in [5.74, 6) is -8.04. The number of hydrogen-bond donors (Lipinski definition) is 3. The lowest BCUT2D eigenvalue weighted by Gasteiger charge is -2.67. The molecule has 2 bridgehead atoms. The predicted octanol–water partition coefficient (Wildman–Crippen LogP) is 5.00. The van der Waals surface area contributed by atoms with Gasteiger partial charge in [-0.25, -0.2) is 14.4 Å². The maximum absolute atomic E-state index is 15.7. The molecular formula is C53H54N2O15. The third kappa shape index (κ3) is 8.55. The Morgan fingerprint density at radius 3 is 1.97 bits per heavy atom. The first-order valence-electron chi connectivity index (χ1n) is 22.9. The molecule has 3 aromatic carbocycles. The summed E-state index contributed by atoms with van der Waals surface area (Å²) in [6, 6.07) is 25.7. The van der Waals surface area contributed by atoms with E-state index in [0.717, 1.165) is 13.8 Å². The van der Waals surface area contributed by atoms with Crippen molar-refractivity contribution >= 4 is 41.5 Å². The molecule has 2 unspecified atom stereocenters. The number of aromatic nitrogens is 1. The van der Waals surface area contributed by atoms with Crippen LogP contribution in [0.15, 0.2) is 127 Å². The monoisotopic (exact) mass is 958 g/mol. The third-order valence-electron chi connectivity index (χ3n) is 14.6. The van der Waals surface area contributed by atoms with Crippen molar-refractivity contribution in [1.29, 1.82) is 0 Å². The second-order valence-electron chi connectivity index (χ2n) is 19.0. The number of hydrogen-bond acceptors (Lipinski definition) is 16. The molecule has 1 aliphatic heterocycles. The average molecular weight is 959 g/mol. The standard InChI is InChI=1S/C53H54N2O15/c1-29-36(67-49(63)42(68-48(62)35-23-16-24-54-27-35)40(32-17-10-7-11-18-32)55-46(60)33-19-12-8-13-20-33)26-53(64)45(69-47(61)34-21-14-9-15-22-34)43-51(6,37(58)25-38-52(43,28-65-38)70-31(3)57)44(59)41(66-30(2)56)39(29)50(53,4)5/h7-24,27,36-38,40-43,45,58,64H,25-26,28H2,1-6H3,(H,55,60)/t36-,37-,38+,40-,41+,42+,43?,45?,51+,52-,53+/m0/s1. The maximum Gasteiger partial charge on any atom is 0.350 e. The van der Waals surface area contributed by atoms with Gasteiger partial charge in [-0.15, -0.1) is 0 Å². The van der Waals surface area contributed by atoms with Crippen molar-refractivity contribution in [1.82, 2.24) is 10.3 Å². The molecule has 4 aromatic rings. The van der Waals surface area contributed by atoms with Crippen LogP contribution < -0.4 is 5.32 Å². The first kappa shape index (κ1) is 49.3. The number of esters is 5. The van der Waals surface area contributed by atoms with Crippen molar-refractivity contribution in [2.75, 3.05) is 6.61 Å². The lowest BCUT2D eigenvalue weighted by atomic mass is 9.44. The molecule has 3 aliphatic carbocycles. The van der Waals surface area contributed by atoms with Crippen LogP contribution in [-0.2, 0) is 47.6 Å². The SMILES string of the molecule is CC(=O)O[C@H]1C(=O)[C@@]2(C)C(C(OC(=O)c3ccccc3)[C@]3(O)C[C@H](OC(=O)[C@H](OC(=O)c4cccnc4)[C@@H](NC(=O)c4ccccc4)c4ccccc4)C(C)=C1C3(C)C)[C@]1(OC(C)=O)CO[C@@H]1C[C@@H]2O. The van der Waals surface area contributed by atoms with E-state index < -0.39 is 119 Å². The molecule has 11 atom stereocenters. The van der Waals surface area contributed by atoms with Gasteiger partial charge in [0, 0.05) is 50.1 Å². The topological polar surface area (TPSA) is 240 Å². The summed E-state index contributed by atoms with van der Waals surface area (Å²) in [5.41, 5.74) is -7.47. The van der Waals surface area contributed by atoms with Gasteiger partial charge in [-0.2, -0.15) is 0 Å². The van der Waals surface area contributed by atoms with Gasteiger partial charge in [0.1, 0.15) is 30.0 Å². The van der Waals surface area contributed by atoms with Crippen molar-refractivity contribution in [3.05, 3.63) is 149 Å². The number of pyridine rings is 1. The van der Waals surface area contributed by atoms with Crippen LogP contribution in [0.5, 0.6) is 0 Å². The zero-order chi connectivity index (χ0) is 50.3. The molecule has 1 amide bonds. The van der Waals surface area contributed by atoms with Gasteiger partial charge in [-0.3, -0.25) is 24.2 Å². The number of Topliss-reactive ketones (excluding diaryl/α,β-unsaturated/α-hetero) is 1. The lowest BCUT2D eigenvalue weighted by Crippen LogP contribution is -2.82. The van der Waals surface area contributed by atoms with Crippen molar-refractivity contribution in [3.8, 4) is 0 Å². The van der Waals surface area contributed by atoms with Crippen molar-refractivity contribution in [3.63, 3.8) is 0 Å². The number of nitrogens with one attached hydrogen (secondary N) is 1. The van der Waals surface area contributed by atoms with E-state index in [4.69, 9.17) is 28.4 Å². The number of fused-ring (bicyclic) bond motifs is 5. The second kappa shape index (κ2) is 19.0. The highest BCUT2D eigenvalue weighted by molar-refractivity contribution is 5.97. The number of amides is 1. The molecule has 3 N–H and O–H groups in total. The summed E-state index contributed by atoms with van der Waals surface area (Å²) in [4.78, 5) is 104. The summed E-state index contributed by atoms with van der Waals surface area (Å²) >= 11 is 0. The Morgan fingerprint density at radius 1 is 0.786 bits per heavy atom. The van der Waals surface area contributed by atoms with Gasteiger partial charge in [-0.05, 0) is 67.0 Å². The normalized spacial score (nSPS) is 29.4. The number of ketones is 1. The number of rotatable bonds is 12. The quantitative estimate of drug-likeness (QED) is 0.0962. The molecule has 17 nitrogen and oxygen atoms in total. The maximum atomic E-state index is 15.7. The van der Waals surface area contributed by atoms with Crippen molar-refractivity contribution < 1.29 is 72.2 Å². The Morgan fingerprint density at radius 2 is 1.40 bits per heavy atom. The van der Waals surface area contributed by atoms with Crippen molar-refractivity contribution in [2.24, 2.45) is 16.7 Å². The predicted molar refractivity (Wildman–Crippen MR) is 245 cm³/mol. The number of aliphatic hydroxyl groups is 2. The zero-order valence-corrected chi connectivity index (χ0v) is 39.4. The minimum absolute atomic E-state index is 0.0405. The Hall–Kier alpha value is -7.08. The minimum Gasteiger partial charge on any atom is -0.455 e. The third-order valence-corrected chi connectivity index (χ3v) is 14.6. The molecule has 366 valence electrons. The van der Waals surface area contributed by atoms with Gasteiger partial charge in [-0.1, -0.05) is 80.6 Å². The molecule has 17 heteroatoms. The van der Waals surface area contributed by atoms with E-state index in [9.17, 15) is 34.2 Å². The van der Waals surface area contributed by atoms with Gasteiger partial charge >= 0.3 is 29.8 Å². The van der Waals surface area contributed by atoms with Gasteiger partial charge < -0.3 is 44.0 Å². The number of carbonyl (C=O) groups is 7. The number of benzene rings is 3. The number of carbonyl (C=O) groups excluding carboxylic acids is 7. The van der Waals surface area contributed by atoms with Crippen LogP contribution >= 0.6 is 0 Å². The molecular weight excluding hydrogens is 905 g/mol. The summed E-state index contributed by atoms with van der Waals surface area (Å²) < 4.78 is 36.8. The molecule has 1 aromatic heterocycles. The molecule has 8 rings (SSSR count). The molecule has 1 saturated heterocycles. The molecule has 4 aliphatic rings. The first-order valence-corrected chi connectivity index (χ1v) is 22.9. The van der Waals surface area contributed by atoms with Crippen LogP contribution in [0.3, 0.4) is 0 Å². The van der Waals surface area contributed by atoms with Crippen LogP contribution in [0.1, 0.15) is 97.1 Å². The van der Waals surface area contributed by atoms with Gasteiger partial charge in [0.15, 0.2) is 17.5 Å². The summed E-state index contributed by atoms with van der Waals surface area (Å²) in [5, 5.41) is 29.0. The van der Waals surface area contributed by atoms with Gasteiger partial charge in [0.2, 0.25) is 6.10 Å².